The molecule has 0 bridgehead atoms. The van der Waals surface area contributed by atoms with E-state index in [0.717, 1.165) is 24.8 Å². The number of rotatable bonds is 6. The van der Waals surface area contributed by atoms with Crippen molar-refractivity contribution in [1.29, 1.82) is 0 Å². The lowest BCUT2D eigenvalue weighted by molar-refractivity contribution is -0.133. The SMILES string of the molecule is CCC=CCCC1CC1CN(C(C)=O)C(C)(C)C. The van der Waals surface area contributed by atoms with E-state index in [9.17, 15) is 4.79 Å². The number of amides is 1. The van der Waals surface area contributed by atoms with Crippen LogP contribution < -0.4 is 0 Å². The standard InChI is InChI=1S/C16H29NO/c1-6-7-8-9-10-14-11-15(14)12-17(13(2)18)16(3,4)5/h7-8,14-15H,6,9-12H2,1-5H3. The zero-order valence-electron chi connectivity index (χ0n) is 12.7. The second-order valence-corrected chi connectivity index (χ2v) is 6.51. The Balaban J connectivity index is 2.32. The summed E-state index contributed by atoms with van der Waals surface area (Å²) < 4.78 is 0. The fraction of sp³-hybridized carbons (Fsp3) is 0.812. The third-order valence-electron chi connectivity index (χ3n) is 3.78. The lowest BCUT2D eigenvalue weighted by Gasteiger charge is -2.35. The van der Waals surface area contributed by atoms with Crippen LogP contribution in [0.1, 0.15) is 60.3 Å². The molecule has 1 saturated carbocycles. The Morgan fingerprint density at radius 2 is 1.94 bits per heavy atom. The topological polar surface area (TPSA) is 20.3 Å². The molecule has 0 saturated heterocycles. The summed E-state index contributed by atoms with van der Waals surface area (Å²) in [5, 5.41) is 0. The van der Waals surface area contributed by atoms with Crippen LogP contribution in [0.15, 0.2) is 12.2 Å². The van der Waals surface area contributed by atoms with Crippen LogP contribution in [0.25, 0.3) is 0 Å². The first-order chi connectivity index (χ1) is 8.36. The Morgan fingerprint density at radius 3 is 2.44 bits per heavy atom. The second-order valence-electron chi connectivity index (χ2n) is 6.51. The number of allylic oxidation sites excluding steroid dienone is 2. The molecular formula is C16H29NO. The van der Waals surface area contributed by atoms with Crippen molar-refractivity contribution in [2.24, 2.45) is 11.8 Å². The van der Waals surface area contributed by atoms with Crippen molar-refractivity contribution in [3.05, 3.63) is 12.2 Å². The highest BCUT2D eigenvalue weighted by molar-refractivity contribution is 5.74. The minimum atomic E-state index is -0.0406. The highest BCUT2D eigenvalue weighted by Gasteiger charge is 2.39. The molecule has 1 fully saturated rings. The molecule has 2 atom stereocenters. The molecule has 104 valence electrons. The summed E-state index contributed by atoms with van der Waals surface area (Å²) in [4.78, 5) is 13.7. The molecule has 0 aromatic rings. The van der Waals surface area contributed by atoms with Crippen LogP contribution in [0.5, 0.6) is 0 Å². The lowest BCUT2D eigenvalue weighted by atomic mass is 10.0. The second kappa shape index (κ2) is 6.40. The minimum Gasteiger partial charge on any atom is -0.338 e. The van der Waals surface area contributed by atoms with Crippen LogP contribution in [0.2, 0.25) is 0 Å². The summed E-state index contributed by atoms with van der Waals surface area (Å²) in [5.41, 5.74) is -0.0406. The fourth-order valence-electron chi connectivity index (χ4n) is 2.59. The summed E-state index contributed by atoms with van der Waals surface area (Å²) in [6.07, 6.45) is 9.47. The maximum absolute atomic E-state index is 11.7. The molecule has 2 heteroatoms. The van der Waals surface area contributed by atoms with Crippen LogP contribution in [-0.2, 0) is 4.79 Å². The normalized spacial score (nSPS) is 23.4. The molecule has 0 aromatic carbocycles. The van der Waals surface area contributed by atoms with E-state index >= 15 is 0 Å². The van der Waals surface area contributed by atoms with Gasteiger partial charge in [0.05, 0.1) is 0 Å². The Labute approximate surface area is 112 Å². The van der Waals surface area contributed by atoms with Gasteiger partial charge in [0.25, 0.3) is 0 Å². The molecule has 1 aliphatic rings. The predicted octanol–water partition coefficient (Wildman–Crippen LogP) is 4.02. The van der Waals surface area contributed by atoms with Crippen molar-refractivity contribution in [2.45, 2.75) is 65.8 Å². The Hall–Kier alpha value is -0.790. The summed E-state index contributed by atoms with van der Waals surface area (Å²) in [6, 6.07) is 0. The van der Waals surface area contributed by atoms with Crippen LogP contribution in [0.4, 0.5) is 0 Å². The van der Waals surface area contributed by atoms with Crippen molar-refractivity contribution in [1.82, 2.24) is 4.90 Å². The van der Waals surface area contributed by atoms with Crippen LogP contribution in [0.3, 0.4) is 0 Å². The molecule has 1 rings (SSSR count). The quantitative estimate of drug-likeness (QED) is 0.653. The lowest BCUT2D eigenvalue weighted by Crippen LogP contribution is -2.45. The highest BCUT2D eigenvalue weighted by atomic mass is 16.2. The molecule has 2 nitrogen and oxygen atoms in total. The summed E-state index contributed by atoms with van der Waals surface area (Å²) in [5.74, 6) is 1.79. The van der Waals surface area contributed by atoms with E-state index in [1.165, 1.54) is 19.3 Å². The van der Waals surface area contributed by atoms with Crippen molar-refractivity contribution >= 4 is 5.91 Å². The van der Waals surface area contributed by atoms with Gasteiger partial charge in [-0.1, -0.05) is 19.1 Å². The van der Waals surface area contributed by atoms with E-state index < -0.39 is 0 Å². The van der Waals surface area contributed by atoms with Crippen molar-refractivity contribution in [3.8, 4) is 0 Å². The zero-order chi connectivity index (χ0) is 13.8. The summed E-state index contributed by atoms with van der Waals surface area (Å²) >= 11 is 0. The fourth-order valence-corrected chi connectivity index (χ4v) is 2.59. The van der Waals surface area contributed by atoms with E-state index in [0.29, 0.717) is 0 Å². The molecule has 0 radical (unpaired) electrons. The van der Waals surface area contributed by atoms with Gasteiger partial charge in [-0.05, 0) is 58.3 Å². The van der Waals surface area contributed by atoms with Crippen molar-refractivity contribution < 1.29 is 4.79 Å². The Bertz CT molecular complexity index is 301. The maximum Gasteiger partial charge on any atom is 0.219 e. The van der Waals surface area contributed by atoms with E-state index in [-0.39, 0.29) is 11.4 Å². The van der Waals surface area contributed by atoms with Gasteiger partial charge in [0.15, 0.2) is 0 Å². The monoisotopic (exact) mass is 251 g/mol. The number of carbonyl (C=O) groups is 1. The smallest absolute Gasteiger partial charge is 0.219 e. The van der Waals surface area contributed by atoms with Crippen molar-refractivity contribution in [3.63, 3.8) is 0 Å². The summed E-state index contributed by atoms with van der Waals surface area (Å²) in [6.45, 7) is 11.2. The summed E-state index contributed by atoms with van der Waals surface area (Å²) in [7, 11) is 0. The van der Waals surface area contributed by atoms with E-state index in [1.54, 1.807) is 6.92 Å². The molecule has 1 amide bonds. The molecule has 0 spiro atoms. The number of hydrogen-bond acceptors (Lipinski definition) is 1. The average Bonchev–Trinajstić information content (AvgIpc) is 2.98. The van der Waals surface area contributed by atoms with Gasteiger partial charge in [0, 0.05) is 19.0 Å². The third-order valence-corrected chi connectivity index (χ3v) is 3.78. The third kappa shape index (κ3) is 4.83. The molecule has 0 aliphatic heterocycles. The van der Waals surface area contributed by atoms with Crippen molar-refractivity contribution in [2.75, 3.05) is 6.54 Å². The van der Waals surface area contributed by atoms with Gasteiger partial charge in [-0.2, -0.15) is 0 Å². The van der Waals surface area contributed by atoms with Gasteiger partial charge < -0.3 is 4.90 Å². The predicted molar refractivity (Wildman–Crippen MR) is 77.4 cm³/mol. The number of nitrogens with zero attached hydrogens (tertiary/aromatic N) is 1. The first-order valence-electron chi connectivity index (χ1n) is 7.29. The minimum absolute atomic E-state index is 0.0406. The van der Waals surface area contributed by atoms with Gasteiger partial charge in [0.1, 0.15) is 0 Å². The van der Waals surface area contributed by atoms with E-state index in [1.807, 2.05) is 4.90 Å². The highest BCUT2D eigenvalue weighted by Crippen LogP contribution is 2.43. The maximum atomic E-state index is 11.7. The molecule has 18 heavy (non-hydrogen) atoms. The molecule has 1 aliphatic carbocycles. The largest absolute Gasteiger partial charge is 0.338 e. The molecule has 0 heterocycles. The van der Waals surface area contributed by atoms with Gasteiger partial charge in [-0.3, -0.25) is 4.79 Å². The zero-order valence-corrected chi connectivity index (χ0v) is 12.7. The molecule has 2 unspecified atom stereocenters. The van der Waals surface area contributed by atoms with Gasteiger partial charge >= 0.3 is 0 Å². The number of carbonyl (C=O) groups excluding carboxylic acids is 1. The first kappa shape index (κ1) is 15.3. The van der Waals surface area contributed by atoms with Crippen LogP contribution in [-0.4, -0.2) is 22.9 Å². The molecular weight excluding hydrogens is 222 g/mol. The van der Waals surface area contributed by atoms with Gasteiger partial charge in [-0.15, -0.1) is 0 Å². The van der Waals surface area contributed by atoms with E-state index in [2.05, 4.69) is 39.8 Å². The molecule has 0 N–H and O–H groups in total. The Kier molecular flexibility index (Phi) is 5.43. The van der Waals surface area contributed by atoms with Gasteiger partial charge in [0.2, 0.25) is 5.91 Å². The first-order valence-corrected chi connectivity index (χ1v) is 7.29. The van der Waals surface area contributed by atoms with Gasteiger partial charge in [-0.25, -0.2) is 0 Å². The van der Waals surface area contributed by atoms with Crippen LogP contribution >= 0.6 is 0 Å². The molecule has 0 aromatic heterocycles. The number of hydrogen-bond donors (Lipinski definition) is 0. The van der Waals surface area contributed by atoms with Crippen LogP contribution in [0, 0.1) is 11.8 Å². The average molecular weight is 251 g/mol. The Morgan fingerprint density at radius 1 is 1.28 bits per heavy atom. The van der Waals surface area contributed by atoms with E-state index in [4.69, 9.17) is 0 Å².